The smallest absolute Gasteiger partial charge is 0.338 e. The molecule has 6 rings (SSSR count). The van der Waals surface area contributed by atoms with Crippen molar-refractivity contribution in [1.82, 2.24) is 0 Å². The molecule has 0 bridgehead atoms. The van der Waals surface area contributed by atoms with E-state index < -0.39 is 17.4 Å². The fourth-order valence-electron chi connectivity index (χ4n) is 7.52. The van der Waals surface area contributed by atoms with E-state index in [0.717, 1.165) is 55.6 Å². The molecule has 0 amide bonds. The van der Waals surface area contributed by atoms with Crippen molar-refractivity contribution in [2.75, 3.05) is 30.8 Å². The Morgan fingerprint density at radius 3 is 2.14 bits per heavy atom. The van der Waals surface area contributed by atoms with Crippen LogP contribution >= 0.6 is 11.6 Å². The summed E-state index contributed by atoms with van der Waals surface area (Å²) in [6.07, 6.45) is 4.19. The number of fused-ring (bicyclic) bond motifs is 2. The molecule has 1 heterocycles. The van der Waals surface area contributed by atoms with E-state index in [1.54, 1.807) is 42.5 Å². The third-order valence-electron chi connectivity index (χ3n) is 9.86. The topological polar surface area (TPSA) is 102 Å². The van der Waals surface area contributed by atoms with Crippen molar-refractivity contribution < 1.29 is 24.2 Å². The number of hydrogen-bond acceptors (Lipinski definition) is 6. The number of nitrogens with two attached hydrogens (primary N) is 1. The third-order valence-corrected chi connectivity index (χ3v) is 10.2. The van der Waals surface area contributed by atoms with E-state index in [4.69, 9.17) is 26.8 Å². The van der Waals surface area contributed by atoms with Gasteiger partial charge in [-0.15, -0.1) is 0 Å². The lowest BCUT2D eigenvalue weighted by Gasteiger charge is -2.44. The van der Waals surface area contributed by atoms with Gasteiger partial charge in [0.15, 0.2) is 0 Å². The average Bonchev–Trinajstić information content (AvgIpc) is 3.13. The summed E-state index contributed by atoms with van der Waals surface area (Å²) in [4.78, 5) is 29.9. The van der Waals surface area contributed by atoms with Gasteiger partial charge in [-0.05, 0) is 54.7 Å². The predicted molar refractivity (Wildman–Crippen MR) is 205 cm³/mol. The van der Waals surface area contributed by atoms with Gasteiger partial charge in [0, 0.05) is 63.9 Å². The van der Waals surface area contributed by atoms with Gasteiger partial charge in [-0.1, -0.05) is 105 Å². The molecule has 1 unspecified atom stereocenters. The van der Waals surface area contributed by atoms with Crippen molar-refractivity contribution in [1.29, 1.82) is 0 Å². The van der Waals surface area contributed by atoms with Crippen molar-refractivity contribution in [2.24, 2.45) is 0 Å². The standard InChI is InChI=1S/C43H43ClN2O5/c1-5-7-23-46(24-8-6-2)28-21-22-33-36(25-28)51-37-26-35(45)38(30-17-11-14-20-34(30)44)39(41(47)48)40(37)43(33,31-18-12-9-15-27(31)3)32-19-13-10-16-29(32)42(49)50-4/h9-22,25-26H,5-8,23-24,45H2,1-4H3,(H,47,48). The summed E-state index contributed by atoms with van der Waals surface area (Å²) < 4.78 is 12.2. The molecule has 7 nitrogen and oxygen atoms in total. The lowest BCUT2D eigenvalue weighted by atomic mass is 9.60. The van der Waals surface area contributed by atoms with E-state index in [-0.39, 0.29) is 22.6 Å². The highest BCUT2D eigenvalue weighted by Crippen LogP contribution is 2.60. The Morgan fingerprint density at radius 1 is 0.843 bits per heavy atom. The Bertz CT molecular complexity index is 2100. The molecule has 5 aromatic rings. The van der Waals surface area contributed by atoms with Gasteiger partial charge in [0.1, 0.15) is 11.5 Å². The van der Waals surface area contributed by atoms with Gasteiger partial charge in [0.2, 0.25) is 0 Å². The van der Waals surface area contributed by atoms with Gasteiger partial charge in [-0.3, -0.25) is 0 Å². The largest absolute Gasteiger partial charge is 0.478 e. The van der Waals surface area contributed by atoms with Gasteiger partial charge in [0.25, 0.3) is 0 Å². The summed E-state index contributed by atoms with van der Waals surface area (Å²) in [7, 11) is 1.35. The maximum atomic E-state index is 13.8. The van der Waals surface area contributed by atoms with Crippen molar-refractivity contribution in [3.8, 4) is 22.6 Å². The fourth-order valence-corrected chi connectivity index (χ4v) is 7.75. The Balaban J connectivity index is 1.83. The maximum Gasteiger partial charge on any atom is 0.338 e. The number of carboxylic acid groups (broad SMARTS) is 1. The van der Waals surface area contributed by atoms with Crippen LogP contribution in [0.3, 0.4) is 0 Å². The monoisotopic (exact) mass is 702 g/mol. The Hall–Kier alpha value is -5.27. The van der Waals surface area contributed by atoms with Gasteiger partial charge < -0.3 is 25.2 Å². The summed E-state index contributed by atoms with van der Waals surface area (Å²) in [6.45, 7) is 8.13. The minimum Gasteiger partial charge on any atom is -0.478 e. The Kier molecular flexibility index (Phi) is 10.4. The second-order valence-electron chi connectivity index (χ2n) is 13.0. The van der Waals surface area contributed by atoms with Crippen molar-refractivity contribution >= 4 is 34.9 Å². The van der Waals surface area contributed by atoms with E-state index in [1.165, 1.54) is 7.11 Å². The molecule has 5 aromatic carbocycles. The normalized spacial score (nSPS) is 14.6. The average molecular weight is 703 g/mol. The van der Waals surface area contributed by atoms with E-state index in [9.17, 15) is 14.7 Å². The van der Waals surface area contributed by atoms with Crippen LogP contribution in [-0.2, 0) is 10.2 Å². The van der Waals surface area contributed by atoms with Crippen LogP contribution in [0.15, 0.2) is 97.1 Å². The van der Waals surface area contributed by atoms with E-state index >= 15 is 0 Å². The molecule has 262 valence electrons. The number of nitrogen functional groups attached to an aromatic ring is 1. The fraction of sp³-hybridized carbons (Fsp3) is 0.256. The maximum absolute atomic E-state index is 13.8. The first-order valence-electron chi connectivity index (χ1n) is 17.4. The number of nitrogens with zero attached hydrogens (tertiary/aromatic N) is 1. The first-order valence-corrected chi connectivity index (χ1v) is 17.8. The molecule has 0 spiro atoms. The minimum absolute atomic E-state index is 0.0664. The SMILES string of the molecule is CCCCN(CCCC)c1ccc2c(c1)Oc1cc(N)c(-c3ccccc3Cl)c(C(=O)O)c1C2(c1ccccc1C)c1ccccc1C(=O)OC. The highest BCUT2D eigenvalue weighted by atomic mass is 35.5. The first-order chi connectivity index (χ1) is 24.7. The number of carbonyl (C=O) groups is 2. The molecule has 1 atom stereocenters. The highest BCUT2D eigenvalue weighted by molar-refractivity contribution is 6.33. The number of anilines is 2. The molecule has 0 radical (unpaired) electrons. The molecule has 1 aliphatic rings. The van der Waals surface area contributed by atoms with Crippen LogP contribution in [0.2, 0.25) is 5.02 Å². The second kappa shape index (κ2) is 14.9. The zero-order chi connectivity index (χ0) is 36.3. The molecule has 0 saturated heterocycles. The summed E-state index contributed by atoms with van der Waals surface area (Å²) in [5, 5.41) is 11.6. The van der Waals surface area contributed by atoms with Crippen LogP contribution < -0.4 is 15.4 Å². The summed E-state index contributed by atoms with van der Waals surface area (Å²) in [6, 6.07) is 30.0. The molecule has 0 aromatic heterocycles. The zero-order valence-corrected chi connectivity index (χ0v) is 30.2. The highest BCUT2D eigenvalue weighted by Gasteiger charge is 2.51. The molecule has 8 heteroatoms. The zero-order valence-electron chi connectivity index (χ0n) is 29.5. The molecular formula is C43H43ClN2O5. The van der Waals surface area contributed by atoms with Gasteiger partial charge >= 0.3 is 11.9 Å². The van der Waals surface area contributed by atoms with Crippen LogP contribution in [0, 0.1) is 6.92 Å². The van der Waals surface area contributed by atoms with Crippen LogP contribution in [-0.4, -0.2) is 37.2 Å². The lowest BCUT2D eigenvalue weighted by molar-refractivity contribution is 0.0598. The number of methoxy groups -OCH3 is 1. The summed E-state index contributed by atoms with van der Waals surface area (Å²) in [5.41, 5.74) is 10.9. The van der Waals surface area contributed by atoms with Crippen LogP contribution in [0.1, 0.15) is 88.1 Å². The number of esters is 1. The number of unbranched alkanes of at least 4 members (excludes halogenated alkanes) is 2. The molecule has 0 fully saturated rings. The van der Waals surface area contributed by atoms with E-state index in [0.29, 0.717) is 38.6 Å². The molecule has 0 saturated carbocycles. The van der Waals surface area contributed by atoms with Crippen molar-refractivity contribution in [3.05, 3.63) is 141 Å². The number of carboxylic acids is 1. The quantitative estimate of drug-likeness (QED) is 0.0966. The predicted octanol–water partition coefficient (Wildman–Crippen LogP) is 10.3. The summed E-state index contributed by atoms with van der Waals surface area (Å²) in [5.74, 6) is -0.936. The van der Waals surface area contributed by atoms with Crippen LogP contribution in [0.25, 0.3) is 11.1 Å². The Labute approximate surface area is 304 Å². The third kappa shape index (κ3) is 6.20. The number of carbonyl (C=O) groups excluding carboxylic acids is 1. The van der Waals surface area contributed by atoms with E-state index in [1.807, 2.05) is 55.5 Å². The molecule has 0 aliphatic carbocycles. The lowest BCUT2D eigenvalue weighted by Crippen LogP contribution is -2.38. The number of ether oxygens (including phenoxy) is 2. The van der Waals surface area contributed by atoms with E-state index in [2.05, 4.69) is 24.8 Å². The Morgan fingerprint density at radius 2 is 1.49 bits per heavy atom. The van der Waals surface area contributed by atoms with Gasteiger partial charge in [-0.25, -0.2) is 9.59 Å². The van der Waals surface area contributed by atoms with Crippen molar-refractivity contribution in [3.63, 3.8) is 0 Å². The number of aromatic carboxylic acids is 1. The molecular weight excluding hydrogens is 660 g/mol. The van der Waals surface area contributed by atoms with Gasteiger partial charge in [-0.2, -0.15) is 0 Å². The minimum atomic E-state index is -1.38. The molecule has 3 N–H and O–H groups in total. The number of rotatable bonds is 12. The van der Waals surface area contributed by atoms with Gasteiger partial charge in [0.05, 0.1) is 23.7 Å². The second-order valence-corrected chi connectivity index (χ2v) is 13.4. The number of aryl methyl sites for hydroxylation is 1. The molecule has 51 heavy (non-hydrogen) atoms. The van der Waals surface area contributed by atoms with Crippen LogP contribution in [0.4, 0.5) is 11.4 Å². The summed E-state index contributed by atoms with van der Waals surface area (Å²) >= 11 is 6.76. The van der Waals surface area contributed by atoms with Crippen molar-refractivity contribution in [2.45, 2.75) is 51.9 Å². The number of halogens is 1. The first kappa shape index (κ1) is 35.6. The molecule has 1 aliphatic heterocycles. The number of hydrogen-bond donors (Lipinski definition) is 2. The number of benzene rings is 5. The van der Waals surface area contributed by atoms with Crippen LogP contribution in [0.5, 0.6) is 11.5 Å².